The Morgan fingerprint density at radius 2 is 1.72 bits per heavy atom. The lowest BCUT2D eigenvalue weighted by atomic mass is 10.0. The number of halogens is 1. The third kappa shape index (κ3) is 12.3. The highest BCUT2D eigenvalue weighted by atomic mass is 35.5. The molecule has 1 N–H and O–H groups in total. The van der Waals surface area contributed by atoms with Gasteiger partial charge < -0.3 is 4.90 Å². The first-order chi connectivity index (χ1) is 18.8. The highest BCUT2D eigenvalue weighted by Crippen LogP contribution is 2.19. The van der Waals surface area contributed by atoms with Crippen LogP contribution in [0.1, 0.15) is 77.3 Å². The summed E-state index contributed by atoms with van der Waals surface area (Å²) in [6.07, 6.45) is 8.84. The number of piperidine rings is 1. The van der Waals surface area contributed by atoms with Crippen LogP contribution in [0.25, 0.3) is 11.5 Å². The Labute approximate surface area is 240 Å². The van der Waals surface area contributed by atoms with E-state index in [0.29, 0.717) is 17.9 Å². The number of aromatic amines is 1. The first-order valence-corrected chi connectivity index (χ1v) is 14.5. The molecular weight excluding hydrogens is 510 g/mol. The Morgan fingerprint density at radius 1 is 1.08 bits per heavy atom. The number of rotatable bonds is 7. The molecule has 1 fully saturated rings. The fourth-order valence-corrected chi connectivity index (χ4v) is 4.22. The second-order valence-corrected chi connectivity index (χ2v) is 9.86. The maximum absolute atomic E-state index is 10.7. The van der Waals surface area contributed by atoms with Crippen molar-refractivity contribution in [2.75, 3.05) is 19.6 Å². The first kappa shape index (κ1) is 34.2. The number of benzene rings is 1. The number of aromatic nitrogens is 5. The number of carbonyl (C=O) groups is 1. The van der Waals surface area contributed by atoms with Gasteiger partial charge in [-0.2, -0.15) is 5.10 Å². The Morgan fingerprint density at radius 3 is 2.18 bits per heavy atom. The van der Waals surface area contributed by atoms with Crippen LogP contribution in [0.3, 0.4) is 0 Å². The van der Waals surface area contributed by atoms with E-state index in [9.17, 15) is 4.79 Å². The molecule has 3 heterocycles. The molecule has 3 aromatic rings. The zero-order chi connectivity index (χ0) is 29.2. The van der Waals surface area contributed by atoms with E-state index in [1.807, 2.05) is 63.8 Å². The minimum atomic E-state index is 0.649. The molecule has 216 valence electrons. The van der Waals surface area contributed by atoms with E-state index in [0.717, 1.165) is 54.4 Å². The SMILES string of the molecule is CC.CCCN(C(C)CC)C1CCN(C=O)CC1.Cc1ccc(Cl)cc1.Cc1ncc(-c2ncn[nH]2)nc1C. The Hall–Kier alpha value is -2.84. The van der Waals surface area contributed by atoms with Crippen molar-refractivity contribution in [3.05, 3.63) is 58.8 Å². The fraction of sp³-hybridized carbons (Fsp3) is 0.567. The number of nitrogens with one attached hydrogen (secondary N) is 1. The predicted molar refractivity (Wildman–Crippen MR) is 162 cm³/mol. The first-order valence-electron chi connectivity index (χ1n) is 14.1. The number of carbonyl (C=O) groups excluding carboxylic acids is 1. The molecule has 8 nitrogen and oxygen atoms in total. The number of amides is 1. The lowest BCUT2D eigenvalue weighted by Crippen LogP contribution is -2.48. The molecule has 1 aliphatic rings. The summed E-state index contributed by atoms with van der Waals surface area (Å²) in [6.45, 7) is 19.8. The third-order valence-electron chi connectivity index (χ3n) is 6.62. The van der Waals surface area contributed by atoms with E-state index in [4.69, 9.17) is 11.6 Å². The topological polar surface area (TPSA) is 90.9 Å². The maximum Gasteiger partial charge on any atom is 0.209 e. The van der Waals surface area contributed by atoms with E-state index in [1.54, 1.807) is 6.20 Å². The van der Waals surface area contributed by atoms with Gasteiger partial charge in [-0.3, -0.25) is 19.8 Å². The average Bonchev–Trinajstić information content (AvgIpc) is 3.51. The molecule has 1 aromatic carbocycles. The van der Waals surface area contributed by atoms with Crippen molar-refractivity contribution >= 4 is 18.0 Å². The van der Waals surface area contributed by atoms with Gasteiger partial charge in [0, 0.05) is 30.2 Å². The summed E-state index contributed by atoms with van der Waals surface area (Å²) in [5, 5.41) is 7.28. The summed E-state index contributed by atoms with van der Waals surface area (Å²) in [4.78, 5) is 27.7. The van der Waals surface area contributed by atoms with Crippen LogP contribution in [0.2, 0.25) is 5.02 Å². The van der Waals surface area contributed by atoms with Crippen LogP contribution >= 0.6 is 11.6 Å². The number of likely N-dealkylation sites (tertiary alicyclic amines) is 1. The van der Waals surface area contributed by atoms with Crippen molar-refractivity contribution in [3.63, 3.8) is 0 Å². The highest BCUT2D eigenvalue weighted by molar-refractivity contribution is 6.30. The van der Waals surface area contributed by atoms with Crippen molar-refractivity contribution < 1.29 is 4.79 Å². The molecule has 0 saturated carbocycles. The molecule has 0 bridgehead atoms. The highest BCUT2D eigenvalue weighted by Gasteiger charge is 2.25. The van der Waals surface area contributed by atoms with E-state index in [1.165, 1.54) is 31.3 Å². The van der Waals surface area contributed by atoms with Crippen LogP contribution < -0.4 is 0 Å². The van der Waals surface area contributed by atoms with Gasteiger partial charge in [0.15, 0.2) is 5.82 Å². The summed E-state index contributed by atoms with van der Waals surface area (Å²) >= 11 is 5.61. The molecule has 1 atom stereocenters. The van der Waals surface area contributed by atoms with Crippen molar-refractivity contribution in [3.8, 4) is 11.5 Å². The van der Waals surface area contributed by atoms with Crippen molar-refractivity contribution in [2.24, 2.45) is 0 Å². The standard InChI is InChI=1S/C13H26N2O.C8H9N5.C7H7Cl.C2H6/c1-4-8-15(12(3)5-2)13-6-9-14(11-16)10-7-13;1-5-6(2)12-7(3-9-5)8-10-4-11-13-8;1-6-2-4-7(8)5-3-6;1-2/h11-13H,4-10H2,1-3H3;3-4H,1-2H3,(H,10,11,13);2-5H,1H3;1-2H3. The quantitative estimate of drug-likeness (QED) is 0.326. The molecule has 1 amide bonds. The number of hydrogen-bond donors (Lipinski definition) is 1. The van der Waals surface area contributed by atoms with Crippen LogP contribution in [-0.2, 0) is 4.79 Å². The fourth-order valence-electron chi connectivity index (χ4n) is 4.10. The monoisotopic (exact) mass is 557 g/mol. The second kappa shape index (κ2) is 19.3. The van der Waals surface area contributed by atoms with Crippen LogP contribution in [0, 0.1) is 20.8 Å². The Balaban J connectivity index is 0.000000296. The summed E-state index contributed by atoms with van der Waals surface area (Å²) in [5.41, 5.74) is 3.81. The van der Waals surface area contributed by atoms with Gasteiger partial charge in [0.25, 0.3) is 0 Å². The van der Waals surface area contributed by atoms with Gasteiger partial charge in [0.1, 0.15) is 12.0 Å². The molecule has 9 heteroatoms. The van der Waals surface area contributed by atoms with E-state index in [-0.39, 0.29) is 0 Å². The van der Waals surface area contributed by atoms with Crippen molar-refractivity contribution in [2.45, 2.75) is 93.2 Å². The number of aryl methyl sites for hydroxylation is 3. The molecule has 0 spiro atoms. The summed E-state index contributed by atoms with van der Waals surface area (Å²) in [5.74, 6) is 0.649. The largest absolute Gasteiger partial charge is 0.345 e. The van der Waals surface area contributed by atoms with E-state index >= 15 is 0 Å². The Bertz CT molecular complexity index is 1010. The van der Waals surface area contributed by atoms with Crippen LogP contribution in [0.4, 0.5) is 0 Å². The molecule has 1 unspecified atom stereocenters. The normalized spacial score (nSPS) is 13.7. The molecule has 2 aromatic heterocycles. The molecule has 1 aliphatic heterocycles. The third-order valence-corrected chi connectivity index (χ3v) is 6.87. The minimum absolute atomic E-state index is 0.649. The molecule has 4 rings (SSSR count). The summed E-state index contributed by atoms with van der Waals surface area (Å²) in [7, 11) is 0. The van der Waals surface area contributed by atoms with E-state index < -0.39 is 0 Å². The molecular formula is C30H48ClN7O. The zero-order valence-corrected chi connectivity index (χ0v) is 25.9. The number of hydrogen-bond acceptors (Lipinski definition) is 6. The van der Waals surface area contributed by atoms with Crippen molar-refractivity contribution in [1.29, 1.82) is 0 Å². The minimum Gasteiger partial charge on any atom is -0.345 e. The maximum atomic E-state index is 10.7. The molecule has 0 radical (unpaired) electrons. The molecule has 0 aliphatic carbocycles. The van der Waals surface area contributed by atoms with Gasteiger partial charge in [-0.15, -0.1) is 0 Å². The van der Waals surface area contributed by atoms with Gasteiger partial charge >= 0.3 is 0 Å². The van der Waals surface area contributed by atoms with Gasteiger partial charge in [-0.25, -0.2) is 9.97 Å². The van der Waals surface area contributed by atoms with Gasteiger partial charge in [-0.05, 0) is 72.1 Å². The predicted octanol–water partition coefficient (Wildman–Crippen LogP) is 6.67. The van der Waals surface area contributed by atoms with Gasteiger partial charge in [-0.1, -0.05) is 57.0 Å². The molecule has 39 heavy (non-hydrogen) atoms. The zero-order valence-electron chi connectivity index (χ0n) is 25.1. The summed E-state index contributed by atoms with van der Waals surface area (Å²) in [6, 6.07) is 9.11. The van der Waals surface area contributed by atoms with Crippen LogP contribution in [0.15, 0.2) is 36.8 Å². The van der Waals surface area contributed by atoms with Crippen LogP contribution in [-0.4, -0.2) is 73.1 Å². The number of H-pyrrole nitrogens is 1. The molecule has 1 saturated heterocycles. The smallest absolute Gasteiger partial charge is 0.209 e. The number of nitrogens with zero attached hydrogens (tertiary/aromatic N) is 6. The lowest BCUT2D eigenvalue weighted by molar-refractivity contribution is -0.119. The second-order valence-electron chi connectivity index (χ2n) is 9.42. The lowest BCUT2D eigenvalue weighted by Gasteiger charge is -2.40. The van der Waals surface area contributed by atoms with Gasteiger partial charge in [0.05, 0.1) is 17.6 Å². The Kier molecular flexibility index (Phi) is 16.9. The van der Waals surface area contributed by atoms with Crippen LogP contribution in [0.5, 0.6) is 0 Å². The van der Waals surface area contributed by atoms with E-state index in [2.05, 4.69) is 50.8 Å². The average molecular weight is 558 g/mol. The summed E-state index contributed by atoms with van der Waals surface area (Å²) < 4.78 is 0. The van der Waals surface area contributed by atoms with Gasteiger partial charge in [0.2, 0.25) is 6.41 Å². The van der Waals surface area contributed by atoms with Crippen molar-refractivity contribution in [1.82, 2.24) is 34.9 Å².